The summed E-state index contributed by atoms with van der Waals surface area (Å²) in [7, 11) is 0. The lowest BCUT2D eigenvalue weighted by molar-refractivity contribution is -0.129. The molecule has 1 aliphatic heterocycles. The highest BCUT2D eigenvalue weighted by atomic mass is 16.5. The molecule has 0 fully saturated rings. The Bertz CT molecular complexity index is 348. The monoisotopic (exact) mass is 323 g/mol. The van der Waals surface area contributed by atoms with E-state index in [1.165, 1.54) is 70.6 Å². The Morgan fingerprint density at radius 2 is 1.43 bits per heavy atom. The fourth-order valence-corrected chi connectivity index (χ4v) is 3.75. The number of amides is 1. The maximum Gasteiger partial charge on any atom is 0.290 e. The molecule has 0 aliphatic carbocycles. The topological polar surface area (TPSA) is 38.7 Å². The second-order valence-corrected chi connectivity index (χ2v) is 7.09. The SMILES string of the molecule is CCCCCCCCCCCCC(CC)(CC)C1OC=NC1=O. The van der Waals surface area contributed by atoms with Gasteiger partial charge in [0, 0.05) is 5.41 Å². The third kappa shape index (κ3) is 6.64. The number of ether oxygens (including phenoxy) is 1. The summed E-state index contributed by atoms with van der Waals surface area (Å²) >= 11 is 0. The molecule has 0 saturated heterocycles. The largest absolute Gasteiger partial charge is 0.469 e. The minimum Gasteiger partial charge on any atom is -0.469 e. The Balaban J connectivity index is 2.15. The van der Waals surface area contributed by atoms with Gasteiger partial charge in [-0.1, -0.05) is 85.0 Å². The van der Waals surface area contributed by atoms with E-state index in [0.29, 0.717) is 0 Å². The normalized spacial score (nSPS) is 17.7. The van der Waals surface area contributed by atoms with E-state index in [2.05, 4.69) is 25.8 Å². The second kappa shape index (κ2) is 11.6. The van der Waals surface area contributed by atoms with Crippen molar-refractivity contribution < 1.29 is 9.53 Å². The van der Waals surface area contributed by atoms with Gasteiger partial charge in [0.05, 0.1) is 0 Å². The van der Waals surface area contributed by atoms with Crippen molar-refractivity contribution in [1.29, 1.82) is 0 Å². The first kappa shape index (κ1) is 20.2. The Morgan fingerprint density at radius 3 is 1.87 bits per heavy atom. The number of nitrogens with zero attached hydrogens (tertiary/aromatic N) is 1. The quantitative estimate of drug-likeness (QED) is 0.364. The lowest BCUT2D eigenvalue weighted by Gasteiger charge is -2.35. The van der Waals surface area contributed by atoms with E-state index in [0.717, 1.165) is 19.3 Å². The molecule has 0 aromatic rings. The molecule has 0 bridgehead atoms. The zero-order chi connectivity index (χ0) is 17.0. The Hall–Kier alpha value is -0.860. The Morgan fingerprint density at radius 1 is 0.913 bits per heavy atom. The maximum atomic E-state index is 11.9. The van der Waals surface area contributed by atoms with Crippen molar-refractivity contribution in [3.63, 3.8) is 0 Å². The van der Waals surface area contributed by atoms with Crippen LogP contribution in [0.4, 0.5) is 0 Å². The van der Waals surface area contributed by atoms with Crippen LogP contribution < -0.4 is 0 Å². The van der Waals surface area contributed by atoms with Crippen molar-refractivity contribution in [2.24, 2.45) is 10.4 Å². The number of rotatable bonds is 14. The standard InChI is InChI=1S/C20H37NO2/c1-4-7-8-9-10-11-12-13-14-15-16-20(5-2,6-3)18-19(22)21-17-23-18/h17-18H,4-16H2,1-3H3. The third-order valence-electron chi connectivity index (χ3n) is 5.59. The lowest BCUT2D eigenvalue weighted by Crippen LogP contribution is -2.39. The van der Waals surface area contributed by atoms with Gasteiger partial charge in [0.15, 0.2) is 12.5 Å². The predicted molar refractivity (Wildman–Crippen MR) is 97.8 cm³/mol. The van der Waals surface area contributed by atoms with Crippen LogP contribution in [0.5, 0.6) is 0 Å². The maximum absolute atomic E-state index is 11.9. The van der Waals surface area contributed by atoms with Crippen LogP contribution in [-0.2, 0) is 9.53 Å². The predicted octanol–water partition coefficient (Wildman–Crippen LogP) is 6.06. The number of hydrogen-bond acceptors (Lipinski definition) is 2. The number of carbonyl (C=O) groups excluding carboxylic acids is 1. The molecule has 3 heteroatoms. The zero-order valence-corrected chi connectivity index (χ0v) is 15.6. The van der Waals surface area contributed by atoms with Crippen LogP contribution in [-0.4, -0.2) is 18.4 Å². The number of unbranched alkanes of at least 4 members (excludes halogenated alkanes) is 9. The van der Waals surface area contributed by atoms with Crippen molar-refractivity contribution in [1.82, 2.24) is 0 Å². The van der Waals surface area contributed by atoms with Crippen LogP contribution in [0.3, 0.4) is 0 Å². The van der Waals surface area contributed by atoms with Gasteiger partial charge in [0.1, 0.15) is 0 Å². The number of hydrogen-bond donors (Lipinski definition) is 0. The minimum absolute atomic E-state index is 0.0201. The van der Waals surface area contributed by atoms with Crippen LogP contribution in [0.25, 0.3) is 0 Å². The van der Waals surface area contributed by atoms with Gasteiger partial charge in [-0.25, -0.2) is 0 Å². The van der Waals surface area contributed by atoms with Crippen molar-refractivity contribution >= 4 is 12.3 Å². The van der Waals surface area contributed by atoms with Crippen LogP contribution >= 0.6 is 0 Å². The molecule has 0 saturated carbocycles. The van der Waals surface area contributed by atoms with Gasteiger partial charge in [-0.05, 0) is 19.3 Å². The highest BCUT2D eigenvalue weighted by Crippen LogP contribution is 2.39. The van der Waals surface area contributed by atoms with Crippen molar-refractivity contribution in [2.75, 3.05) is 0 Å². The third-order valence-corrected chi connectivity index (χ3v) is 5.59. The molecule has 0 aromatic carbocycles. The number of aliphatic imine (C=N–C) groups is 1. The summed E-state index contributed by atoms with van der Waals surface area (Å²) in [5.41, 5.74) is -0.0201. The summed E-state index contributed by atoms with van der Waals surface area (Å²) in [6.07, 6.45) is 17.5. The van der Waals surface area contributed by atoms with E-state index in [9.17, 15) is 4.79 Å². The molecule has 1 rings (SSSR count). The average Bonchev–Trinajstić information content (AvgIpc) is 3.00. The molecular weight excluding hydrogens is 286 g/mol. The van der Waals surface area contributed by atoms with E-state index >= 15 is 0 Å². The smallest absolute Gasteiger partial charge is 0.290 e. The van der Waals surface area contributed by atoms with Gasteiger partial charge in [-0.3, -0.25) is 4.79 Å². The van der Waals surface area contributed by atoms with Gasteiger partial charge in [0.2, 0.25) is 0 Å². The van der Waals surface area contributed by atoms with Gasteiger partial charge < -0.3 is 4.74 Å². The summed E-state index contributed by atoms with van der Waals surface area (Å²) in [5, 5.41) is 0. The Labute approximate surface area is 143 Å². The molecule has 0 spiro atoms. The van der Waals surface area contributed by atoms with Gasteiger partial charge in [-0.2, -0.15) is 4.99 Å². The summed E-state index contributed by atoms with van der Waals surface area (Å²) in [6, 6.07) is 0. The molecule has 1 amide bonds. The Kier molecular flexibility index (Phi) is 10.2. The fraction of sp³-hybridized carbons (Fsp3) is 0.900. The van der Waals surface area contributed by atoms with Crippen molar-refractivity contribution in [2.45, 2.75) is 110 Å². The van der Waals surface area contributed by atoms with Crippen LogP contribution in [0.1, 0.15) is 104 Å². The van der Waals surface area contributed by atoms with Crippen LogP contribution in [0.2, 0.25) is 0 Å². The minimum atomic E-state index is -0.337. The molecule has 1 heterocycles. The second-order valence-electron chi connectivity index (χ2n) is 7.09. The van der Waals surface area contributed by atoms with E-state index in [-0.39, 0.29) is 17.4 Å². The molecule has 0 N–H and O–H groups in total. The molecule has 134 valence electrons. The zero-order valence-electron chi connectivity index (χ0n) is 15.6. The molecule has 23 heavy (non-hydrogen) atoms. The first-order chi connectivity index (χ1) is 11.2. The first-order valence-electron chi connectivity index (χ1n) is 9.92. The molecule has 1 atom stereocenters. The molecule has 0 radical (unpaired) electrons. The molecular formula is C20H37NO2. The van der Waals surface area contributed by atoms with Crippen LogP contribution in [0, 0.1) is 5.41 Å². The van der Waals surface area contributed by atoms with Gasteiger partial charge in [-0.15, -0.1) is 0 Å². The summed E-state index contributed by atoms with van der Waals surface area (Å²) in [5.74, 6) is -0.0826. The van der Waals surface area contributed by atoms with Gasteiger partial charge >= 0.3 is 0 Å². The first-order valence-corrected chi connectivity index (χ1v) is 9.92. The highest BCUT2D eigenvalue weighted by molar-refractivity contribution is 5.92. The van der Waals surface area contributed by atoms with E-state index in [1.807, 2.05) is 0 Å². The van der Waals surface area contributed by atoms with Crippen molar-refractivity contribution in [3.8, 4) is 0 Å². The summed E-state index contributed by atoms with van der Waals surface area (Å²) in [4.78, 5) is 15.7. The fourth-order valence-electron chi connectivity index (χ4n) is 3.75. The van der Waals surface area contributed by atoms with Crippen LogP contribution in [0.15, 0.2) is 4.99 Å². The highest BCUT2D eigenvalue weighted by Gasteiger charge is 2.43. The molecule has 1 aliphatic rings. The van der Waals surface area contributed by atoms with Crippen molar-refractivity contribution in [3.05, 3.63) is 0 Å². The summed E-state index contributed by atoms with van der Waals surface area (Å²) in [6.45, 7) is 6.62. The van der Waals surface area contributed by atoms with E-state index < -0.39 is 0 Å². The molecule has 3 nitrogen and oxygen atoms in total. The number of carbonyl (C=O) groups is 1. The van der Waals surface area contributed by atoms with Gasteiger partial charge in [0.25, 0.3) is 5.91 Å². The lowest BCUT2D eigenvalue weighted by atomic mass is 9.72. The molecule has 1 unspecified atom stereocenters. The summed E-state index contributed by atoms with van der Waals surface area (Å²) < 4.78 is 5.51. The molecule has 0 aromatic heterocycles. The van der Waals surface area contributed by atoms with E-state index in [1.54, 1.807) is 0 Å². The average molecular weight is 324 g/mol. The van der Waals surface area contributed by atoms with E-state index in [4.69, 9.17) is 4.74 Å².